The first kappa shape index (κ1) is 14.4. The van der Waals surface area contributed by atoms with Crippen LogP contribution in [0.1, 0.15) is 5.82 Å². The molecule has 2 aromatic carbocycles. The Labute approximate surface area is 136 Å². The number of benzene rings is 2. The second kappa shape index (κ2) is 6.08. The van der Waals surface area contributed by atoms with Crippen LogP contribution in [-0.4, -0.2) is 22.5 Å². The Morgan fingerprint density at radius 3 is 2.81 bits per heavy atom. The summed E-state index contributed by atoms with van der Waals surface area (Å²) in [4.78, 5) is 4.69. The highest BCUT2D eigenvalue weighted by molar-refractivity contribution is 9.10. The molecule has 0 bridgehead atoms. The maximum absolute atomic E-state index is 5.93. The first-order valence-corrected chi connectivity index (χ1v) is 7.93. The molecule has 3 rings (SSSR count). The number of fused-ring (bicyclic) bond motifs is 1. The van der Waals surface area contributed by atoms with Crippen molar-refractivity contribution in [3.63, 3.8) is 0 Å². The van der Waals surface area contributed by atoms with Gasteiger partial charge in [0.2, 0.25) is 0 Å². The van der Waals surface area contributed by atoms with E-state index in [9.17, 15) is 0 Å². The Bertz CT molecular complexity index is 785. The number of imidazole rings is 1. The molecule has 0 aliphatic carbocycles. The monoisotopic (exact) mass is 364 g/mol. The van der Waals surface area contributed by atoms with E-state index in [0.29, 0.717) is 12.3 Å². The number of methoxy groups -OCH3 is 1. The van der Waals surface area contributed by atoms with Gasteiger partial charge in [-0.3, -0.25) is 4.57 Å². The summed E-state index contributed by atoms with van der Waals surface area (Å²) >= 11 is 9.46. The molecule has 5 heteroatoms. The van der Waals surface area contributed by atoms with Crippen molar-refractivity contribution < 1.29 is 4.74 Å². The summed E-state index contributed by atoms with van der Waals surface area (Å²) in [5.74, 6) is 2.26. The van der Waals surface area contributed by atoms with Crippen LogP contribution in [0, 0.1) is 0 Å². The van der Waals surface area contributed by atoms with Crippen LogP contribution in [-0.2, 0) is 6.42 Å². The maximum atomic E-state index is 5.93. The molecular formula is C16H14BrClN2O. The molecule has 0 radical (unpaired) electrons. The molecule has 0 unspecified atom stereocenters. The molecule has 0 N–H and O–H groups in total. The molecular weight excluding hydrogens is 352 g/mol. The van der Waals surface area contributed by atoms with Crippen molar-refractivity contribution >= 4 is 38.6 Å². The van der Waals surface area contributed by atoms with E-state index >= 15 is 0 Å². The number of alkyl halides is 1. The Morgan fingerprint density at radius 2 is 2.05 bits per heavy atom. The van der Waals surface area contributed by atoms with Gasteiger partial charge < -0.3 is 4.74 Å². The average molecular weight is 366 g/mol. The van der Waals surface area contributed by atoms with Crippen molar-refractivity contribution in [3.8, 4) is 11.4 Å². The third kappa shape index (κ3) is 2.65. The summed E-state index contributed by atoms with van der Waals surface area (Å²) in [6, 6.07) is 14.0. The molecule has 108 valence electrons. The minimum atomic E-state index is 0.527. The van der Waals surface area contributed by atoms with Gasteiger partial charge in [-0.05, 0) is 30.3 Å². The van der Waals surface area contributed by atoms with Crippen LogP contribution in [0.25, 0.3) is 16.7 Å². The van der Waals surface area contributed by atoms with Crippen molar-refractivity contribution in [1.29, 1.82) is 0 Å². The molecule has 0 spiro atoms. The van der Waals surface area contributed by atoms with E-state index in [0.717, 1.165) is 32.8 Å². The summed E-state index contributed by atoms with van der Waals surface area (Å²) in [5.41, 5.74) is 2.97. The highest BCUT2D eigenvalue weighted by Crippen LogP contribution is 2.31. The summed E-state index contributed by atoms with van der Waals surface area (Å²) in [6.07, 6.45) is 0.700. The second-order valence-corrected chi connectivity index (χ2v) is 5.90. The number of hydrogen-bond acceptors (Lipinski definition) is 2. The molecule has 0 saturated carbocycles. The number of aromatic nitrogens is 2. The summed E-state index contributed by atoms with van der Waals surface area (Å²) in [5, 5.41) is 0. The van der Waals surface area contributed by atoms with E-state index in [4.69, 9.17) is 21.3 Å². The van der Waals surface area contributed by atoms with E-state index in [-0.39, 0.29) is 0 Å². The summed E-state index contributed by atoms with van der Waals surface area (Å²) in [7, 11) is 1.67. The smallest absolute Gasteiger partial charge is 0.142 e. The predicted molar refractivity (Wildman–Crippen MR) is 89.7 cm³/mol. The fourth-order valence-corrected chi connectivity index (χ4v) is 2.95. The van der Waals surface area contributed by atoms with Gasteiger partial charge in [-0.25, -0.2) is 4.98 Å². The molecule has 0 fully saturated rings. The number of halogens is 2. The molecule has 3 aromatic rings. The molecule has 0 saturated heterocycles. The van der Waals surface area contributed by atoms with E-state index in [2.05, 4.69) is 26.6 Å². The molecule has 21 heavy (non-hydrogen) atoms. The van der Waals surface area contributed by atoms with E-state index in [1.54, 1.807) is 7.11 Å². The first-order chi connectivity index (χ1) is 10.2. The van der Waals surface area contributed by atoms with Gasteiger partial charge in [0.25, 0.3) is 0 Å². The van der Waals surface area contributed by atoms with Gasteiger partial charge in [-0.2, -0.15) is 0 Å². The van der Waals surface area contributed by atoms with Gasteiger partial charge in [0.1, 0.15) is 11.6 Å². The molecule has 1 aromatic heterocycles. The van der Waals surface area contributed by atoms with Gasteiger partial charge >= 0.3 is 0 Å². The minimum absolute atomic E-state index is 0.527. The van der Waals surface area contributed by atoms with Crippen LogP contribution in [0.15, 0.2) is 46.9 Å². The predicted octanol–water partition coefficient (Wildman–Crippen LogP) is 4.58. The zero-order valence-electron chi connectivity index (χ0n) is 11.5. The standard InChI is InChI=1S/C16H14BrClN2O/c1-21-15-7-6-11(17)10-14(15)20-13-5-3-2-4-12(13)19-16(20)8-9-18/h2-7,10H,8-9H2,1H3. The lowest BCUT2D eigenvalue weighted by Gasteiger charge is -2.13. The third-order valence-electron chi connectivity index (χ3n) is 3.33. The largest absolute Gasteiger partial charge is 0.495 e. The highest BCUT2D eigenvalue weighted by atomic mass is 79.9. The zero-order chi connectivity index (χ0) is 14.8. The van der Waals surface area contributed by atoms with E-state index < -0.39 is 0 Å². The topological polar surface area (TPSA) is 27.1 Å². The van der Waals surface area contributed by atoms with E-state index in [1.807, 2.05) is 36.4 Å². The van der Waals surface area contributed by atoms with Crippen molar-refractivity contribution in [3.05, 3.63) is 52.8 Å². The summed E-state index contributed by atoms with van der Waals surface area (Å²) in [6.45, 7) is 0. The zero-order valence-corrected chi connectivity index (χ0v) is 13.9. The lowest BCUT2D eigenvalue weighted by molar-refractivity contribution is 0.412. The Morgan fingerprint density at radius 1 is 1.24 bits per heavy atom. The SMILES string of the molecule is COc1ccc(Br)cc1-n1c(CCCl)nc2ccccc21. The van der Waals surface area contributed by atoms with Crippen LogP contribution >= 0.6 is 27.5 Å². The minimum Gasteiger partial charge on any atom is -0.495 e. The maximum Gasteiger partial charge on any atom is 0.142 e. The molecule has 3 nitrogen and oxygen atoms in total. The molecule has 0 aliphatic heterocycles. The summed E-state index contributed by atoms with van der Waals surface area (Å²) < 4.78 is 8.61. The quantitative estimate of drug-likeness (QED) is 0.633. The van der Waals surface area contributed by atoms with Gasteiger partial charge in [0, 0.05) is 16.8 Å². The lowest BCUT2D eigenvalue weighted by atomic mass is 10.2. The normalized spacial score (nSPS) is 11.0. The van der Waals surface area contributed by atoms with Gasteiger partial charge in [-0.1, -0.05) is 28.1 Å². The molecule has 0 aliphatic rings. The van der Waals surface area contributed by atoms with Crippen molar-refractivity contribution in [2.24, 2.45) is 0 Å². The Hall–Kier alpha value is -1.52. The highest BCUT2D eigenvalue weighted by Gasteiger charge is 2.15. The third-order valence-corrected chi connectivity index (χ3v) is 4.01. The number of aryl methyl sites for hydroxylation is 1. The first-order valence-electron chi connectivity index (χ1n) is 6.61. The number of ether oxygens (including phenoxy) is 1. The fourth-order valence-electron chi connectivity index (χ4n) is 2.43. The molecule has 1 heterocycles. The van der Waals surface area contributed by atoms with Crippen molar-refractivity contribution in [2.45, 2.75) is 6.42 Å². The van der Waals surface area contributed by atoms with E-state index in [1.165, 1.54) is 0 Å². The Balaban J connectivity index is 2.32. The fraction of sp³-hybridized carbons (Fsp3) is 0.188. The Kier molecular flexibility index (Phi) is 4.17. The van der Waals surface area contributed by atoms with Crippen molar-refractivity contribution in [2.75, 3.05) is 13.0 Å². The number of hydrogen-bond donors (Lipinski definition) is 0. The van der Waals surface area contributed by atoms with Crippen LogP contribution in [0.4, 0.5) is 0 Å². The average Bonchev–Trinajstić information content (AvgIpc) is 2.85. The molecule has 0 amide bonds. The number of nitrogens with zero attached hydrogens (tertiary/aromatic N) is 2. The van der Waals surface area contributed by atoms with Gasteiger partial charge in [0.05, 0.1) is 23.8 Å². The van der Waals surface area contributed by atoms with Crippen LogP contribution in [0.3, 0.4) is 0 Å². The van der Waals surface area contributed by atoms with Crippen LogP contribution in [0.2, 0.25) is 0 Å². The second-order valence-electron chi connectivity index (χ2n) is 4.61. The van der Waals surface area contributed by atoms with Gasteiger partial charge in [0.15, 0.2) is 0 Å². The van der Waals surface area contributed by atoms with Gasteiger partial charge in [-0.15, -0.1) is 11.6 Å². The lowest BCUT2D eigenvalue weighted by Crippen LogP contribution is -2.04. The number of para-hydroxylation sites is 2. The van der Waals surface area contributed by atoms with Crippen LogP contribution in [0.5, 0.6) is 5.75 Å². The van der Waals surface area contributed by atoms with Crippen LogP contribution < -0.4 is 4.74 Å². The molecule has 0 atom stereocenters. The van der Waals surface area contributed by atoms with Crippen molar-refractivity contribution in [1.82, 2.24) is 9.55 Å². The number of rotatable bonds is 4.